The highest BCUT2D eigenvalue weighted by Gasteiger charge is 2.70. The van der Waals surface area contributed by atoms with Gasteiger partial charge in [0.25, 0.3) is 0 Å². The first-order chi connectivity index (χ1) is 18.4. The fourth-order valence-corrected chi connectivity index (χ4v) is 10.2. The Bertz CT molecular complexity index is 1000. The quantitative estimate of drug-likeness (QED) is 0.307. The minimum Gasteiger partial charge on any atom is -0.458 e. The summed E-state index contributed by atoms with van der Waals surface area (Å²) in [5.41, 5.74) is -0.601. The number of carbonyl (C=O) groups excluding carboxylic acids is 1. The van der Waals surface area contributed by atoms with Crippen molar-refractivity contribution in [1.29, 1.82) is 0 Å². The fraction of sp³-hybridized carbons (Fsp3) is 0.900. The third-order valence-electron chi connectivity index (χ3n) is 12.3. The van der Waals surface area contributed by atoms with Crippen LogP contribution in [-0.4, -0.2) is 88.6 Å². The SMILES string of the molecule is CO[C@H]1[C@@H](O)[C@@H](O[C@@H]2CC[C@]3(C)[C@H](CC[C@@H]4[C@@H]3CC[C@]3(C)[C@H](C5=CC(=O)OC5)[C@H](O)C[C@]43O)C2)O[C@@H](C)[C@H]1O. The zero-order valence-corrected chi connectivity index (χ0v) is 23.6. The maximum absolute atomic E-state index is 12.4. The molecule has 39 heavy (non-hydrogen) atoms. The Labute approximate surface area is 230 Å². The van der Waals surface area contributed by atoms with Gasteiger partial charge in [0.05, 0.1) is 23.9 Å². The summed E-state index contributed by atoms with van der Waals surface area (Å²) in [7, 11) is 1.48. The van der Waals surface area contributed by atoms with Crippen molar-refractivity contribution in [2.45, 2.75) is 121 Å². The molecule has 220 valence electrons. The van der Waals surface area contributed by atoms with Gasteiger partial charge in [-0.05, 0) is 80.6 Å². The van der Waals surface area contributed by atoms with Crippen LogP contribution in [0.15, 0.2) is 11.6 Å². The average Bonchev–Trinajstić information content (AvgIpc) is 3.39. The van der Waals surface area contributed by atoms with E-state index in [1.54, 1.807) is 6.92 Å². The second kappa shape index (κ2) is 9.75. The Hall–Kier alpha value is -1.07. The highest BCUT2D eigenvalue weighted by atomic mass is 16.7. The van der Waals surface area contributed by atoms with Crippen LogP contribution in [0.1, 0.15) is 72.1 Å². The predicted molar refractivity (Wildman–Crippen MR) is 139 cm³/mol. The standard InChI is InChI=1S/C30H46O9/c1-15-24(33)26(36-4)25(34)27(38-15)39-18-7-9-28(2)17(12-18)5-6-20-19(28)8-10-29(3)23(16-11-22(32)37-14-16)21(31)13-30(20,29)35/h11,15,17-21,23-27,31,33-35H,5-10,12-14H2,1-4H3/t15-,17+,18+,19-,20+,21+,23+,24+,25+,26+,27+,28+,29+,30-/m0/s1. The molecule has 0 unspecified atom stereocenters. The molecule has 0 bridgehead atoms. The van der Waals surface area contributed by atoms with Crippen LogP contribution in [0.2, 0.25) is 0 Å². The van der Waals surface area contributed by atoms with E-state index in [0.29, 0.717) is 18.3 Å². The van der Waals surface area contributed by atoms with E-state index in [4.69, 9.17) is 18.9 Å². The summed E-state index contributed by atoms with van der Waals surface area (Å²) in [6.07, 6.45) is 3.40. The molecule has 2 heterocycles. The molecule has 6 rings (SSSR count). The number of hydrogen-bond donors (Lipinski definition) is 4. The topological polar surface area (TPSA) is 135 Å². The van der Waals surface area contributed by atoms with E-state index < -0.39 is 47.8 Å². The minimum absolute atomic E-state index is 0.0547. The summed E-state index contributed by atoms with van der Waals surface area (Å²) in [5, 5.41) is 44.7. The number of rotatable bonds is 4. The molecule has 9 heteroatoms. The molecule has 0 spiro atoms. The number of ether oxygens (including phenoxy) is 4. The third kappa shape index (κ3) is 4.09. The van der Waals surface area contributed by atoms with Gasteiger partial charge in [0.15, 0.2) is 6.29 Å². The molecule has 0 radical (unpaired) electrons. The molecule has 6 aliphatic rings. The molecular formula is C30H46O9. The highest BCUT2D eigenvalue weighted by molar-refractivity contribution is 5.85. The van der Waals surface area contributed by atoms with Gasteiger partial charge in [0, 0.05) is 30.9 Å². The monoisotopic (exact) mass is 550 g/mol. The van der Waals surface area contributed by atoms with Crippen molar-refractivity contribution in [2.24, 2.45) is 34.5 Å². The molecule has 1 saturated heterocycles. The van der Waals surface area contributed by atoms with E-state index in [0.717, 1.165) is 50.5 Å². The Kier molecular flexibility index (Phi) is 7.02. The molecule has 0 aromatic heterocycles. The van der Waals surface area contributed by atoms with E-state index >= 15 is 0 Å². The molecule has 4 N–H and O–H groups in total. The number of methoxy groups -OCH3 is 1. The van der Waals surface area contributed by atoms with E-state index in [9.17, 15) is 25.2 Å². The first-order valence-electron chi connectivity index (χ1n) is 14.9. The van der Waals surface area contributed by atoms with Crippen molar-refractivity contribution in [2.75, 3.05) is 13.7 Å². The summed E-state index contributed by atoms with van der Waals surface area (Å²) in [5.74, 6) is 0.260. The number of fused-ring (bicyclic) bond motifs is 5. The second-order valence-electron chi connectivity index (χ2n) is 13.9. The first-order valence-corrected chi connectivity index (χ1v) is 14.9. The van der Waals surface area contributed by atoms with Crippen molar-refractivity contribution >= 4 is 5.97 Å². The number of esters is 1. The normalized spacial score (nSPS) is 55.3. The van der Waals surface area contributed by atoms with Crippen molar-refractivity contribution in [3.63, 3.8) is 0 Å². The lowest BCUT2D eigenvalue weighted by Crippen LogP contribution is -2.62. The Morgan fingerprint density at radius 2 is 1.79 bits per heavy atom. The Balaban J connectivity index is 1.17. The maximum Gasteiger partial charge on any atom is 0.331 e. The van der Waals surface area contributed by atoms with E-state index in [2.05, 4.69) is 13.8 Å². The van der Waals surface area contributed by atoms with Gasteiger partial charge in [-0.1, -0.05) is 13.8 Å². The highest BCUT2D eigenvalue weighted by Crippen LogP contribution is 2.70. The molecule has 2 aliphatic heterocycles. The van der Waals surface area contributed by atoms with Crippen LogP contribution in [0.3, 0.4) is 0 Å². The van der Waals surface area contributed by atoms with E-state index in [1.807, 2.05) is 0 Å². The summed E-state index contributed by atoms with van der Waals surface area (Å²) in [4.78, 5) is 11.8. The molecular weight excluding hydrogens is 504 g/mol. The summed E-state index contributed by atoms with van der Waals surface area (Å²) >= 11 is 0. The van der Waals surface area contributed by atoms with Crippen molar-refractivity contribution in [3.05, 3.63) is 11.6 Å². The van der Waals surface area contributed by atoms with Crippen LogP contribution in [-0.2, 0) is 23.7 Å². The number of aliphatic hydroxyl groups is 4. The largest absolute Gasteiger partial charge is 0.458 e. The van der Waals surface area contributed by atoms with Gasteiger partial charge in [-0.15, -0.1) is 0 Å². The summed E-state index contributed by atoms with van der Waals surface area (Å²) in [6, 6.07) is 0. The van der Waals surface area contributed by atoms with Gasteiger partial charge >= 0.3 is 5.97 Å². The lowest BCUT2D eigenvalue weighted by molar-refractivity contribution is -0.313. The van der Waals surface area contributed by atoms with Gasteiger partial charge in [-0.25, -0.2) is 4.79 Å². The lowest BCUT2D eigenvalue weighted by atomic mass is 9.43. The predicted octanol–water partition coefficient (Wildman–Crippen LogP) is 2.08. The minimum atomic E-state index is -1.06. The van der Waals surface area contributed by atoms with Crippen LogP contribution >= 0.6 is 0 Å². The average molecular weight is 551 g/mol. The lowest BCUT2D eigenvalue weighted by Gasteiger charge is -2.63. The Morgan fingerprint density at radius 1 is 1.03 bits per heavy atom. The van der Waals surface area contributed by atoms with E-state index in [1.165, 1.54) is 13.2 Å². The van der Waals surface area contributed by atoms with Gasteiger partial charge in [-0.2, -0.15) is 0 Å². The molecule has 0 amide bonds. The van der Waals surface area contributed by atoms with Crippen molar-refractivity contribution < 1.29 is 44.2 Å². The van der Waals surface area contributed by atoms with Crippen molar-refractivity contribution in [3.8, 4) is 0 Å². The molecule has 14 atom stereocenters. The zero-order chi connectivity index (χ0) is 27.9. The fourth-order valence-electron chi connectivity index (χ4n) is 10.2. The van der Waals surface area contributed by atoms with Gasteiger partial charge in [-0.3, -0.25) is 0 Å². The van der Waals surface area contributed by atoms with Gasteiger partial charge in [0.1, 0.15) is 24.9 Å². The molecule has 5 fully saturated rings. The molecule has 0 aromatic carbocycles. The van der Waals surface area contributed by atoms with Gasteiger partial charge in [0.2, 0.25) is 0 Å². The first kappa shape index (κ1) is 28.1. The van der Waals surface area contributed by atoms with Crippen molar-refractivity contribution in [1.82, 2.24) is 0 Å². The third-order valence-corrected chi connectivity index (χ3v) is 12.3. The molecule has 9 nitrogen and oxygen atoms in total. The smallest absolute Gasteiger partial charge is 0.331 e. The number of cyclic esters (lactones) is 1. The number of aliphatic hydroxyl groups excluding tert-OH is 3. The maximum atomic E-state index is 12.4. The molecule has 4 aliphatic carbocycles. The number of carbonyl (C=O) groups is 1. The zero-order valence-electron chi connectivity index (χ0n) is 23.6. The van der Waals surface area contributed by atoms with Crippen LogP contribution < -0.4 is 0 Å². The van der Waals surface area contributed by atoms with Crippen LogP contribution in [0, 0.1) is 34.5 Å². The second-order valence-corrected chi connectivity index (χ2v) is 13.9. The molecule has 0 aromatic rings. The van der Waals surface area contributed by atoms with Gasteiger partial charge < -0.3 is 39.4 Å². The number of hydrogen-bond acceptors (Lipinski definition) is 9. The molecule has 4 saturated carbocycles. The van der Waals surface area contributed by atoms with Crippen LogP contribution in [0.5, 0.6) is 0 Å². The Morgan fingerprint density at radius 3 is 2.49 bits per heavy atom. The van der Waals surface area contributed by atoms with Crippen LogP contribution in [0.25, 0.3) is 0 Å². The summed E-state index contributed by atoms with van der Waals surface area (Å²) < 4.78 is 22.7. The summed E-state index contributed by atoms with van der Waals surface area (Å²) in [6.45, 7) is 6.48. The van der Waals surface area contributed by atoms with Crippen LogP contribution in [0.4, 0.5) is 0 Å². The van der Waals surface area contributed by atoms with E-state index in [-0.39, 0.29) is 35.9 Å².